The van der Waals surface area contributed by atoms with Gasteiger partial charge in [-0.1, -0.05) is 30.0 Å². The molecule has 0 aliphatic heterocycles. The normalized spacial score (nSPS) is 11.4. The van der Waals surface area contributed by atoms with Crippen molar-refractivity contribution in [1.29, 1.82) is 0 Å². The number of carbonyl (C=O) groups is 1. The van der Waals surface area contributed by atoms with Crippen LogP contribution >= 0.6 is 11.8 Å². The third-order valence-electron chi connectivity index (χ3n) is 5.08. The van der Waals surface area contributed by atoms with E-state index in [0.29, 0.717) is 17.4 Å². The molecule has 174 valence electrons. The van der Waals surface area contributed by atoms with Gasteiger partial charge in [-0.3, -0.25) is 14.8 Å². The first-order valence-electron chi connectivity index (χ1n) is 10.7. The Kier molecular flexibility index (Phi) is 7.49. The number of thioether (sulfide) groups is 1. The minimum absolute atomic E-state index is 0.0187. The Labute approximate surface area is 202 Å². The molecule has 0 bridgehead atoms. The number of Topliss-reactive ketones (excluding diaryl/α,β-unsaturated/α-hetero) is 1. The molecule has 34 heavy (non-hydrogen) atoms. The Bertz CT molecular complexity index is 1360. The molecule has 0 N–H and O–H groups in total. The number of carbonyl (C=O) groups excluding carboxylic acids is 1. The summed E-state index contributed by atoms with van der Waals surface area (Å²) in [4.78, 5) is 20.9. The van der Waals surface area contributed by atoms with Crippen molar-refractivity contribution in [3.63, 3.8) is 0 Å². The first-order chi connectivity index (χ1) is 16.5. The number of pyridine rings is 2. The molecule has 0 unspecified atom stereocenters. The van der Waals surface area contributed by atoms with Gasteiger partial charge in [-0.2, -0.15) is 0 Å². The molecular formula is C24H23N5O3S2. The Morgan fingerprint density at radius 1 is 0.971 bits per heavy atom. The molecule has 4 aromatic rings. The maximum absolute atomic E-state index is 12.6. The average molecular weight is 494 g/mol. The topological polar surface area (TPSA) is 108 Å². The van der Waals surface area contributed by atoms with E-state index in [2.05, 4.69) is 20.2 Å². The lowest BCUT2D eigenvalue weighted by atomic mass is 10.1. The zero-order chi connectivity index (χ0) is 24.0. The summed E-state index contributed by atoms with van der Waals surface area (Å²) in [6, 6.07) is 15.4. The second-order valence-corrected chi connectivity index (χ2v) is 10.4. The maximum Gasteiger partial charge on any atom is 0.191 e. The summed E-state index contributed by atoms with van der Waals surface area (Å²) in [5.74, 6) is 0.837. The van der Waals surface area contributed by atoms with Crippen molar-refractivity contribution in [2.75, 3.05) is 5.75 Å². The highest BCUT2D eigenvalue weighted by atomic mass is 32.2. The molecule has 4 rings (SSSR count). The van der Waals surface area contributed by atoms with Gasteiger partial charge in [0, 0.05) is 37.1 Å². The summed E-state index contributed by atoms with van der Waals surface area (Å²) in [7, 11) is -3.51. The van der Waals surface area contributed by atoms with Crippen molar-refractivity contribution in [3.05, 3.63) is 84.4 Å². The zero-order valence-electron chi connectivity index (χ0n) is 18.5. The van der Waals surface area contributed by atoms with Gasteiger partial charge < -0.3 is 4.57 Å². The quantitative estimate of drug-likeness (QED) is 0.308. The molecule has 0 aliphatic rings. The number of benzene rings is 1. The minimum Gasteiger partial charge on any atom is -0.302 e. The maximum atomic E-state index is 12.6. The lowest BCUT2D eigenvalue weighted by molar-refractivity contribution is -0.116. The Morgan fingerprint density at radius 3 is 2.41 bits per heavy atom. The summed E-state index contributed by atoms with van der Waals surface area (Å²) < 4.78 is 27.2. The number of nitrogens with zero attached hydrogens (tertiary/aromatic N) is 5. The van der Waals surface area contributed by atoms with E-state index in [4.69, 9.17) is 0 Å². The van der Waals surface area contributed by atoms with Crippen LogP contribution in [0.2, 0.25) is 0 Å². The molecule has 0 amide bonds. The average Bonchev–Trinajstić information content (AvgIpc) is 3.27. The predicted molar refractivity (Wildman–Crippen MR) is 130 cm³/mol. The predicted octanol–water partition coefficient (Wildman–Crippen LogP) is 3.63. The summed E-state index contributed by atoms with van der Waals surface area (Å²) in [6.07, 6.45) is 5.19. The van der Waals surface area contributed by atoms with Gasteiger partial charge >= 0.3 is 0 Å². The lowest BCUT2D eigenvalue weighted by Crippen LogP contribution is -2.09. The highest BCUT2D eigenvalue weighted by Crippen LogP contribution is 2.24. The molecule has 0 spiro atoms. The van der Waals surface area contributed by atoms with Gasteiger partial charge in [-0.25, -0.2) is 8.42 Å². The fourth-order valence-electron chi connectivity index (χ4n) is 3.39. The third kappa shape index (κ3) is 5.75. The van der Waals surface area contributed by atoms with E-state index in [-0.39, 0.29) is 28.6 Å². The van der Waals surface area contributed by atoms with Gasteiger partial charge in [0.15, 0.2) is 20.8 Å². The van der Waals surface area contributed by atoms with E-state index < -0.39 is 9.84 Å². The summed E-state index contributed by atoms with van der Waals surface area (Å²) in [5.41, 5.74) is 2.17. The molecule has 3 heterocycles. The lowest BCUT2D eigenvalue weighted by Gasteiger charge is -2.07. The van der Waals surface area contributed by atoms with Crippen molar-refractivity contribution in [3.8, 4) is 11.4 Å². The standard InChI is InChI=1S/C24H23N5O3S2/c1-2-29-23(19-10-13-25-14-11-19)27-28-24(29)33-16-21(30)15-18-6-8-22(9-7-18)34(31,32)17-20-5-3-4-12-26-20/h3-14H,2,15-17H2,1H3. The van der Waals surface area contributed by atoms with Crippen molar-refractivity contribution < 1.29 is 13.2 Å². The first kappa shape index (κ1) is 23.8. The Balaban J connectivity index is 1.36. The number of aromatic nitrogens is 5. The smallest absolute Gasteiger partial charge is 0.191 e. The van der Waals surface area contributed by atoms with Crippen molar-refractivity contribution in [2.45, 2.75) is 35.7 Å². The monoisotopic (exact) mass is 493 g/mol. The molecule has 0 saturated heterocycles. The van der Waals surface area contributed by atoms with Crippen LogP contribution in [0.3, 0.4) is 0 Å². The second-order valence-electron chi connectivity index (χ2n) is 7.51. The summed E-state index contributed by atoms with van der Waals surface area (Å²) >= 11 is 1.34. The van der Waals surface area contributed by atoms with Gasteiger partial charge in [0.25, 0.3) is 0 Å². The first-order valence-corrected chi connectivity index (χ1v) is 13.3. The number of hydrogen-bond acceptors (Lipinski definition) is 8. The third-order valence-corrected chi connectivity index (χ3v) is 7.77. The molecule has 0 fully saturated rings. The molecular weight excluding hydrogens is 470 g/mol. The van der Waals surface area contributed by atoms with Gasteiger partial charge in [0.2, 0.25) is 0 Å². The molecule has 3 aromatic heterocycles. The summed E-state index contributed by atoms with van der Waals surface area (Å²) in [6.45, 7) is 2.68. The van der Waals surface area contributed by atoms with Gasteiger partial charge in [-0.05, 0) is 48.9 Å². The summed E-state index contributed by atoms with van der Waals surface area (Å²) in [5, 5.41) is 9.20. The number of hydrogen-bond donors (Lipinski definition) is 0. The van der Waals surface area contributed by atoms with Crippen LogP contribution in [-0.2, 0) is 33.4 Å². The molecule has 0 aliphatic carbocycles. The van der Waals surface area contributed by atoms with Crippen LogP contribution < -0.4 is 0 Å². The number of sulfone groups is 1. The molecule has 10 heteroatoms. The fraction of sp³-hybridized carbons (Fsp3) is 0.208. The highest BCUT2D eigenvalue weighted by Gasteiger charge is 2.17. The van der Waals surface area contributed by atoms with E-state index in [1.807, 2.05) is 23.6 Å². The van der Waals surface area contributed by atoms with Gasteiger partial charge in [0.1, 0.15) is 5.78 Å². The Hall–Kier alpha value is -3.37. The highest BCUT2D eigenvalue weighted by molar-refractivity contribution is 7.99. The van der Waals surface area contributed by atoms with Crippen molar-refractivity contribution in [2.24, 2.45) is 0 Å². The van der Waals surface area contributed by atoms with Crippen LogP contribution in [0.4, 0.5) is 0 Å². The second kappa shape index (κ2) is 10.7. The largest absolute Gasteiger partial charge is 0.302 e. The van der Waals surface area contributed by atoms with Crippen LogP contribution in [-0.4, -0.2) is 44.7 Å². The van der Waals surface area contributed by atoms with Crippen LogP contribution in [0.1, 0.15) is 18.2 Å². The molecule has 1 aromatic carbocycles. The molecule has 0 atom stereocenters. The Morgan fingerprint density at radius 2 is 1.74 bits per heavy atom. The molecule has 0 saturated carbocycles. The fourth-order valence-corrected chi connectivity index (χ4v) is 5.53. The van der Waals surface area contributed by atoms with Gasteiger partial charge in [0.05, 0.1) is 22.1 Å². The van der Waals surface area contributed by atoms with Crippen LogP contribution in [0.15, 0.2) is 83.2 Å². The minimum atomic E-state index is -3.51. The van der Waals surface area contributed by atoms with Gasteiger partial charge in [-0.15, -0.1) is 10.2 Å². The van der Waals surface area contributed by atoms with Crippen molar-refractivity contribution in [1.82, 2.24) is 24.7 Å². The van der Waals surface area contributed by atoms with E-state index >= 15 is 0 Å². The van der Waals surface area contributed by atoms with E-state index in [9.17, 15) is 13.2 Å². The number of rotatable bonds is 10. The molecule has 0 radical (unpaired) electrons. The van der Waals surface area contributed by atoms with E-state index in [0.717, 1.165) is 17.0 Å². The van der Waals surface area contributed by atoms with Crippen molar-refractivity contribution >= 4 is 27.4 Å². The van der Waals surface area contributed by atoms with Crippen LogP contribution in [0.25, 0.3) is 11.4 Å². The number of ketones is 1. The SMILES string of the molecule is CCn1c(SCC(=O)Cc2ccc(S(=O)(=O)Cc3ccccn3)cc2)nnc1-c1ccncc1. The van der Waals surface area contributed by atoms with E-state index in [1.165, 1.54) is 11.8 Å². The van der Waals surface area contributed by atoms with E-state index in [1.54, 1.807) is 61.1 Å². The molecule has 8 nitrogen and oxygen atoms in total. The zero-order valence-corrected chi connectivity index (χ0v) is 20.2. The van der Waals surface area contributed by atoms with Crippen LogP contribution in [0.5, 0.6) is 0 Å². The van der Waals surface area contributed by atoms with Crippen LogP contribution in [0, 0.1) is 0 Å².